The minimum Gasteiger partial charge on any atom is -0.389 e. The van der Waals surface area contributed by atoms with Crippen LogP contribution in [0.25, 0.3) is 11.3 Å². The topological polar surface area (TPSA) is 107 Å². The molecule has 1 saturated heterocycles. The lowest BCUT2D eigenvalue weighted by molar-refractivity contribution is -0.127. The second kappa shape index (κ2) is 11.0. The van der Waals surface area contributed by atoms with E-state index < -0.39 is 28.1 Å². The maximum absolute atomic E-state index is 14.2. The van der Waals surface area contributed by atoms with Crippen molar-refractivity contribution in [1.82, 2.24) is 10.1 Å². The third-order valence-corrected chi connectivity index (χ3v) is 7.24. The molecule has 0 saturated carbocycles. The molecule has 0 spiro atoms. The van der Waals surface area contributed by atoms with Gasteiger partial charge in [-0.2, -0.15) is 5.26 Å². The number of carbonyl (C=O) groups is 2. The van der Waals surface area contributed by atoms with Crippen molar-refractivity contribution in [1.29, 1.82) is 5.26 Å². The number of nitrogens with zero attached hydrogens (tertiary/aromatic N) is 3. The van der Waals surface area contributed by atoms with E-state index in [-0.39, 0.29) is 47.8 Å². The summed E-state index contributed by atoms with van der Waals surface area (Å²) in [5.74, 6) is -1.93. The van der Waals surface area contributed by atoms with Gasteiger partial charge in [-0.25, -0.2) is 8.78 Å². The highest BCUT2D eigenvalue weighted by atomic mass is 19.1. The van der Waals surface area contributed by atoms with Gasteiger partial charge in [0.2, 0.25) is 0 Å². The molecule has 7 nitrogen and oxygen atoms in total. The smallest absolute Gasteiger partial charge is 0.185 e. The minimum atomic E-state index is -0.936. The first-order chi connectivity index (χ1) is 18.7. The lowest BCUT2D eigenvalue weighted by Crippen LogP contribution is -2.60. The summed E-state index contributed by atoms with van der Waals surface area (Å²) in [5, 5.41) is 23.3. The molecule has 0 aliphatic carbocycles. The van der Waals surface area contributed by atoms with E-state index in [0.717, 1.165) is 17.7 Å². The number of rotatable bonds is 11. The normalized spacial score (nSPS) is 15.3. The van der Waals surface area contributed by atoms with Gasteiger partial charge in [0.05, 0.1) is 22.8 Å². The van der Waals surface area contributed by atoms with Crippen molar-refractivity contribution < 1.29 is 28.0 Å². The summed E-state index contributed by atoms with van der Waals surface area (Å²) in [7, 11) is 0. The number of carbonyl (C=O) groups excluding carboxylic acids is 2. The zero-order chi connectivity index (χ0) is 29.3. The number of likely N-dealkylation sites (tertiary alicyclic amines) is 1. The van der Waals surface area contributed by atoms with Crippen LogP contribution in [-0.2, 0) is 10.2 Å². The summed E-state index contributed by atoms with van der Waals surface area (Å²) < 4.78 is 32.7. The molecule has 0 atom stereocenters. The molecule has 2 aromatic carbocycles. The van der Waals surface area contributed by atoms with E-state index in [2.05, 4.69) is 11.2 Å². The number of ketones is 2. The fourth-order valence-electron chi connectivity index (χ4n) is 5.59. The highest BCUT2D eigenvalue weighted by Crippen LogP contribution is 2.41. The Hall–Kier alpha value is -3.74. The van der Waals surface area contributed by atoms with E-state index in [0.29, 0.717) is 25.2 Å². The van der Waals surface area contributed by atoms with Crippen molar-refractivity contribution in [2.75, 3.05) is 19.6 Å². The van der Waals surface area contributed by atoms with E-state index in [9.17, 15) is 28.7 Å². The van der Waals surface area contributed by atoms with Crippen LogP contribution in [0.4, 0.5) is 8.78 Å². The third-order valence-electron chi connectivity index (χ3n) is 7.24. The Morgan fingerprint density at radius 1 is 1.10 bits per heavy atom. The Bertz CT molecular complexity index is 1460. The monoisotopic (exact) mass is 549 g/mol. The number of hydrogen-bond donors (Lipinski definition) is 1. The molecule has 3 aromatic rings. The number of hydrogen-bond acceptors (Lipinski definition) is 7. The molecule has 1 aliphatic heterocycles. The van der Waals surface area contributed by atoms with Gasteiger partial charge in [0.1, 0.15) is 23.1 Å². The average molecular weight is 550 g/mol. The second-order valence-corrected chi connectivity index (χ2v) is 12.2. The quantitative estimate of drug-likeness (QED) is 0.316. The van der Waals surface area contributed by atoms with Crippen LogP contribution in [0.2, 0.25) is 0 Å². The molecule has 1 fully saturated rings. The Morgan fingerprint density at radius 3 is 2.48 bits per heavy atom. The number of aromatic nitrogens is 1. The summed E-state index contributed by atoms with van der Waals surface area (Å²) >= 11 is 0. The molecule has 210 valence electrons. The average Bonchev–Trinajstić information content (AvgIpc) is 3.32. The number of aliphatic hydroxyl groups is 1. The first-order valence-electron chi connectivity index (χ1n) is 13.1. The predicted octanol–water partition coefficient (Wildman–Crippen LogP) is 5.46. The van der Waals surface area contributed by atoms with Crippen LogP contribution in [0.1, 0.15) is 68.6 Å². The van der Waals surface area contributed by atoms with Gasteiger partial charge in [-0.05, 0) is 49.1 Å². The van der Waals surface area contributed by atoms with Crippen molar-refractivity contribution in [3.8, 4) is 17.4 Å². The van der Waals surface area contributed by atoms with E-state index in [1.54, 1.807) is 32.0 Å². The molecule has 1 aliphatic rings. The molecular weight excluding hydrogens is 516 g/mol. The molecule has 2 heterocycles. The van der Waals surface area contributed by atoms with E-state index in [1.807, 2.05) is 24.8 Å². The van der Waals surface area contributed by atoms with Crippen molar-refractivity contribution in [2.24, 2.45) is 5.41 Å². The van der Waals surface area contributed by atoms with E-state index >= 15 is 0 Å². The van der Waals surface area contributed by atoms with Crippen LogP contribution < -0.4 is 0 Å². The Kier molecular flexibility index (Phi) is 8.06. The lowest BCUT2D eigenvalue weighted by Gasteiger charge is -2.51. The maximum Gasteiger partial charge on any atom is 0.185 e. The molecule has 0 unspecified atom stereocenters. The Labute approximate surface area is 232 Å². The van der Waals surface area contributed by atoms with Crippen molar-refractivity contribution in [2.45, 2.75) is 58.0 Å². The number of nitriles is 1. The fourth-order valence-corrected chi connectivity index (χ4v) is 5.59. The molecule has 1 N–H and O–H groups in total. The van der Waals surface area contributed by atoms with Crippen LogP contribution in [0.3, 0.4) is 0 Å². The summed E-state index contributed by atoms with van der Waals surface area (Å²) in [6.07, 6.45) is 0.393. The molecule has 0 amide bonds. The zero-order valence-corrected chi connectivity index (χ0v) is 23.1. The van der Waals surface area contributed by atoms with E-state index in [1.165, 1.54) is 12.1 Å². The van der Waals surface area contributed by atoms with Gasteiger partial charge >= 0.3 is 0 Å². The SMILES string of the molecule is CC(C)(O)CN1CC(CC(=O)CC(C)(C)c2cccc(C#N)c2)(CC(=O)c2cc(-c3ccc(F)cc3F)on2)C1. The molecule has 40 heavy (non-hydrogen) atoms. The number of benzene rings is 2. The number of Topliss-reactive ketones (excluding diaryl/α,β-unsaturated/α-hetero) is 2. The molecular formula is C31H33F2N3O4. The number of β-amino-alcohol motifs (C(OH)–C–C–N with tert-alkyl or cyclic N) is 1. The molecule has 9 heteroatoms. The summed E-state index contributed by atoms with van der Waals surface area (Å²) in [6, 6.07) is 13.7. The standard InChI is InChI=1S/C31H33F2N3O4/c1-29(2,21-7-5-6-20(10-21)16-34)13-23(37)14-31(18-36(19-31)17-30(3,4)39)15-27(38)26-12-28(40-35-26)24-9-8-22(32)11-25(24)33/h5-12,39H,13-15,17-19H2,1-4H3. The third kappa shape index (κ3) is 6.87. The highest BCUT2D eigenvalue weighted by Gasteiger charge is 2.47. The van der Waals surface area contributed by atoms with Crippen molar-refractivity contribution in [3.05, 3.63) is 77.0 Å². The van der Waals surface area contributed by atoms with Gasteiger partial charge in [-0.15, -0.1) is 0 Å². The first kappa shape index (κ1) is 29.2. The van der Waals surface area contributed by atoms with Gasteiger partial charge in [0.25, 0.3) is 0 Å². The summed E-state index contributed by atoms with van der Waals surface area (Å²) in [4.78, 5) is 28.7. The molecule has 0 bridgehead atoms. The summed E-state index contributed by atoms with van der Waals surface area (Å²) in [5.41, 5.74) is -0.732. The minimum absolute atomic E-state index is 0.000125. The first-order valence-corrected chi connectivity index (χ1v) is 13.1. The van der Waals surface area contributed by atoms with Crippen molar-refractivity contribution >= 4 is 11.6 Å². The predicted molar refractivity (Wildman–Crippen MR) is 144 cm³/mol. The molecule has 0 radical (unpaired) electrons. The van der Waals surface area contributed by atoms with Crippen LogP contribution in [0.15, 0.2) is 53.1 Å². The van der Waals surface area contributed by atoms with Crippen LogP contribution >= 0.6 is 0 Å². The van der Waals surface area contributed by atoms with Crippen LogP contribution in [0, 0.1) is 28.4 Å². The van der Waals surface area contributed by atoms with Gasteiger partial charge in [-0.3, -0.25) is 14.5 Å². The van der Waals surface area contributed by atoms with Gasteiger partial charge in [-0.1, -0.05) is 31.1 Å². The molecule has 1 aromatic heterocycles. The highest BCUT2D eigenvalue weighted by molar-refractivity contribution is 5.96. The summed E-state index contributed by atoms with van der Waals surface area (Å²) in [6.45, 7) is 8.57. The zero-order valence-electron chi connectivity index (χ0n) is 23.1. The number of halogens is 2. The fraction of sp³-hybridized carbons (Fsp3) is 0.419. The van der Waals surface area contributed by atoms with Crippen LogP contribution in [0.5, 0.6) is 0 Å². The van der Waals surface area contributed by atoms with E-state index in [4.69, 9.17) is 4.52 Å². The van der Waals surface area contributed by atoms with Gasteiger partial charge in [0, 0.05) is 56.4 Å². The van der Waals surface area contributed by atoms with Gasteiger partial charge in [0.15, 0.2) is 11.5 Å². The second-order valence-electron chi connectivity index (χ2n) is 12.2. The van der Waals surface area contributed by atoms with Crippen LogP contribution in [-0.4, -0.2) is 52.0 Å². The Balaban J connectivity index is 1.50. The Morgan fingerprint density at radius 2 is 1.82 bits per heavy atom. The lowest BCUT2D eigenvalue weighted by atomic mass is 9.69. The largest absolute Gasteiger partial charge is 0.389 e. The molecule has 4 rings (SSSR count). The maximum atomic E-state index is 14.2. The van der Waals surface area contributed by atoms with Crippen molar-refractivity contribution in [3.63, 3.8) is 0 Å². The van der Waals surface area contributed by atoms with Gasteiger partial charge < -0.3 is 9.63 Å².